The fourth-order valence-corrected chi connectivity index (χ4v) is 8.09. The molecule has 4 rings (SSSR count). The van der Waals surface area contributed by atoms with Crippen LogP contribution in [-0.2, 0) is 29.8 Å². The number of hydrogen-bond donors (Lipinski definition) is 1. The lowest BCUT2D eigenvalue weighted by Crippen LogP contribution is -2.53. The highest BCUT2D eigenvalue weighted by atomic mass is 32.2. The number of alkyl halides is 7. The topological polar surface area (TPSA) is 83.9 Å². The SMILES string of the molecule is COC1(C(=O)N2CCC(c3ccc(C(F)(C(F)(F)F)C(F)(F)F)cc3)(S(=O)(=O)c3ccc(F)cc3)C2)CCC(CO)CC1. The highest BCUT2D eigenvalue weighted by molar-refractivity contribution is 7.92. The van der Waals surface area contributed by atoms with Gasteiger partial charge in [-0.05, 0) is 67.9 Å². The third-order valence-corrected chi connectivity index (χ3v) is 11.2. The van der Waals surface area contributed by atoms with E-state index in [0.717, 1.165) is 24.3 Å². The number of halogens is 8. The molecule has 43 heavy (non-hydrogen) atoms. The van der Waals surface area contributed by atoms with E-state index in [1.54, 1.807) is 0 Å². The van der Waals surface area contributed by atoms with Gasteiger partial charge in [-0.15, -0.1) is 0 Å². The minimum atomic E-state index is -6.37. The molecule has 1 amide bonds. The van der Waals surface area contributed by atoms with E-state index in [1.807, 2.05) is 0 Å². The largest absolute Gasteiger partial charge is 0.435 e. The zero-order chi connectivity index (χ0) is 32.1. The van der Waals surface area contributed by atoms with E-state index in [1.165, 1.54) is 12.0 Å². The summed E-state index contributed by atoms with van der Waals surface area (Å²) in [6, 6.07) is 5.46. The molecule has 6 nitrogen and oxygen atoms in total. The summed E-state index contributed by atoms with van der Waals surface area (Å²) in [5.41, 5.74) is -9.14. The van der Waals surface area contributed by atoms with E-state index < -0.39 is 66.9 Å². The lowest BCUT2D eigenvalue weighted by Gasteiger charge is -2.40. The summed E-state index contributed by atoms with van der Waals surface area (Å²) in [5.74, 6) is -1.38. The molecule has 15 heteroatoms. The van der Waals surface area contributed by atoms with Crippen LogP contribution in [0.25, 0.3) is 0 Å². The number of nitrogens with zero attached hydrogens (tertiary/aromatic N) is 1. The molecule has 2 aromatic carbocycles. The van der Waals surface area contributed by atoms with Gasteiger partial charge in [0.15, 0.2) is 9.84 Å². The van der Waals surface area contributed by atoms with Crippen molar-refractivity contribution in [1.29, 1.82) is 0 Å². The van der Waals surface area contributed by atoms with Gasteiger partial charge >= 0.3 is 18.0 Å². The van der Waals surface area contributed by atoms with Gasteiger partial charge in [-0.2, -0.15) is 26.3 Å². The molecule has 0 bridgehead atoms. The molecular formula is C28H29F8NO5S. The Morgan fingerprint density at radius 1 is 0.930 bits per heavy atom. The Labute approximate surface area is 242 Å². The van der Waals surface area contributed by atoms with Crippen molar-refractivity contribution in [3.8, 4) is 0 Å². The molecule has 2 fully saturated rings. The summed E-state index contributed by atoms with van der Waals surface area (Å²) in [6.45, 7) is -0.817. The summed E-state index contributed by atoms with van der Waals surface area (Å²) < 4.78 is 140. The van der Waals surface area contributed by atoms with Crippen molar-refractivity contribution >= 4 is 15.7 Å². The number of likely N-dealkylation sites (tertiary alicyclic amines) is 1. The summed E-state index contributed by atoms with van der Waals surface area (Å²) in [5, 5.41) is 9.48. The fourth-order valence-electron chi connectivity index (χ4n) is 6.02. The number of sulfone groups is 1. The van der Waals surface area contributed by atoms with Crippen LogP contribution in [0.1, 0.15) is 43.2 Å². The van der Waals surface area contributed by atoms with Crippen LogP contribution in [0.4, 0.5) is 35.1 Å². The number of hydrogen-bond acceptors (Lipinski definition) is 5. The Morgan fingerprint density at radius 2 is 1.47 bits per heavy atom. The van der Waals surface area contributed by atoms with Crippen LogP contribution in [0.2, 0.25) is 0 Å². The predicted octanol–water partition coefficient (Wildman–Crippen LogP) is 5.58. The number of benzene rings is 2. The van der Waals surface area contributed by atoms with Gasteiger partial charge in [-0.3, -0.25) is 4.79 Å². The van der Waals surface area contributed by atoms with E-state index >= 15 is 0 Å². The molecule has 2 aliphatic rings. The zero-order valence-corrected chi connectivity index (χ0v) is 23.6. The van der Waals surface area contributed by atoms with E-state index in [4.69, 9.17) is 4.74 Å². The van der Waals surface area contributed by atoms with Crippen molar-refractivity contribution in [3.63, 3.8) is 0 Å². The smallest absolute Gasteiger partial charge is 0.396 e. The summed E-state index contributed by atoms with van der Waals surface area (Å²) in [7, 11) is -3.27. The van der Waals surface area contributed by atoms with Crippen LogP contribution in [0.3, 0.4) is 0 Å². The molecule has 0 radical (unpaired) electrons. The molecule has 1 unspecified atom stereocenters. The molecule has 2 aromatic rings. The van der Waals surface area contributed by atoms with Crippen LogP contribution < -0.4 is 0 Å². The first-order chi connectivity index (χ1) is 19.9. The first kappa shape index (κ1) is 33.1. The van der Waals surface area contributed by atoms with E-state index in [-0.39, 0.29) is 56.0 Å². The van der Waals surface area contributed by atoms with Gasteiger partial charge in [0.1, 0.15) is 16.2 Å². The first-order valence-corrected chi connectivity index (χ1v) is 14.8. The monoisotopic (exact) mass is 643 g/mol. The zero-order valence-electron chi connectivity index (χ0n) is 22.8. The van der Waals surface area contributed by atoms with Crippen molar-refractivity contribution < 1.29 is 58.2 Å². The van der Waals surface area contributed by atoms with Crippen LogP contribution in [0, 0.1) is 11.7 Å². The number of methoxy groups -OCH3 is 1. The Hall–Kier alpha value is -2.78. The van der Waals surface area contributed by atoms with E-state index in [2.05, 4.69) is 0 Å². The van der Waals surface area contributed by atoms with Gasteiger partial charge in [-0.25, -0.2) is 17.2 Å². The fraction of sp³-hybridized carbons (Fsp3) is 0.536. The second-order valence-electron chi connectivity index (χ2n) is 11.0. The lowest BCUT2D eigenvalue weighted by molar-refractivity contribution is -0.348. The number of amides is 1. The molecule has 1 aliphatic heterocycles. The lowest BCUT2D eigenvalue weighted by atomic mass is 9.78. The number of aliphatic hydroxyl groups excluding tert-OH is 1. The van der Waals surface area contributed by atoms with Crippen molar-refractivity contribution in [1.82, 2.24) is 4.90 Å². The Kier molecular flexibility index (Phi) is 8.70. The number of carbonyl (C=O) groups excluding carboxylic acids is 1. The maximum atomic E-state index is 14.7. The second kappa shape index (κ2) is 11.3. The average molecular weight is 644 g/mol. The molecule has 0 spiro atoms. The minimum Gasteiger partial charge on any atom is -0.396 e. The second-order valence-corrected chi connectivity index (χ2v) is 13.2. The van der Waals surface area contributed by atoms with Crippen LogP contribution in [-0.4, -0.2) is 69.1 Å². The molecule has 1 aliphatic carbocycles. The van der Waals surface area contributed by atoms with Gasteiger partial charge in [0, 0.05) is 32.4 Å². The first-order valence-electron chi connectivity index (χ1n) is 13.3. The highest BCUT2D eigenvalue weighted by Crippen LogP contribution is 2.54. The van der Waals surface area contributed by atoms with Crippen LogP contribution in [0.5, 0.6) is 0 Å². The third kappa shape index (κ3) is 5.41. The number of aliphatic hydroxyl groups is 1. The molecular weight excluding hydrogens is 614 g/mol. The molecule has 1 atom stereocenters. The maximum Gasteiger partial charge on any atom is 0.435 e. The molecule has 1 saturated heterocycles. The quantitative estimate of drug-likeness (QED) is 0.315. The van der Waals surface area contributed by atoms with Gasteiger partial charge in [0.05, 0.1) is 4.90 Å². The van der Waals surface area contributed by atoms with Crippen LogP contribution >= 0.6 is 0 Å². The number of rotatable bonds is 7. The number of carbonyl (C=O) groups is 1. The standard InChI is InChI=1S/C28H29F8NO5S/c1-42-24(12-10-18(16-38)11-13-24)23(39)37-15-14-25(17-37,43(40,41)22-8-6-21(29)7-9-22)19-2-4-20(5-3-19)26(30,27(31,32)33)28(34,35)36/h2-9,18,38H,10-17H2,1H3. The van der Waals surface area contributed by atoms with Gasteiger partial charge < -0.3 is 14.7 Å². The average Bonchev–Trinajstić information content (AvgIpc) is 3.43. The Balaban J connectivity index is 1.79. The summed E-state index contributed by atoms with van der Waals surface area (Å²) in [4.78, 5) is 14.6. The Morgan fingerprint density at radius 3 is 1.93 bits per heavy atom. The van der Waals surface area contributed by atoms with Crippen molar-refractivity contribution in [2.75, 3.05) is 26.8 Å². The Bertz CT molecular complexity index is 1410. The molecule has 238 valence electrons. The predicted molar refractivity (Wildman–Crippen MR) is 137 cm³/mol. The maximum absolute atomic E-state index is 14.7. The third-order valence-electron chi connectivity index (χ3n) is 8.70. The summed E-state index contributed by atoms with van der Waals surface area (Å²) in [6.07, 6.45) is -11.7. The van der Waals surface area contributed by atoms with Gasteiger partial charge in [0.2, 0.25) is 0 Å². The highest BCUT2D eigenvalue weighted by Gasteiger charge is 2.73. The molecule has 1 heterocycles. The minimum absolute atomic E-state index is 0.0536. The summed E-state index contributed by atoms with van der Waals surface area (Å²) >= 11 is 0. The van der Waals surface area contributed by atoms with E-state index in [9.17, 15) is 53.4 Å². The van der Waals surface area contributed by atoms with Crippen molar-refractivity contribution in [2.45, 2.75) is 65.4 Å². The van der Waals surface area contributed by atoms with E-state index in [0.29, 0.717) is 25.0 Å². The molecule has 1 N–H and O–H groups in total. The van der Waals surface area contributed by atoms with Crippen molar-refractivity contribution in [2.24, 2.45) is 5.92 Å². The molecule has 1 saturated carbocycles. The van der Waals surface area contributed by atoms with Gasteiger partial charge in [-0.1, -0.05) is 24.3 Å². The number of ether oxygens (including phenoxy) is 1. The van der Waals surface area contributed by atoms with Crippen LogP contribution in [0.15, 0.2) is 53.4 Å². The van der Waals surface area contributed by atoms with Gasteiger partial charge in [0.25, 0.3) is 5.91 Å². The normalized spacial score (nSPS) is 25.6. The molecule has 0 aromatic heterocycles. The van der Waals surface area contributed by atoms with Crippen molar-refractivity contribution in [3.05, 3.63) is 65.5 Å².